The van der Waals surface area contributed by atoms with Gasteiger partial charge in [-0.3, -0.25) is 4.79 Å². The molecule has 28 heavy (non-hydrogen) atoms. The Morgan fingerprint density at radius 3 is 2.79 bits per heavy atom. The number of aromatic nitrogens is 2. The number of halogens is 1. The van der Waals surface area contributed by atoms with Crippen LogP contribution in [0.3, 0.4) is 0 Å². The molecule has 1 aliphatic rings. The number of nitrogens with zero attached hydrogens (tertiary/aromatic N) is 2. The Morgan fingerprint density at radius 2 is 2.11 bits per heavy atom. The third-order valence-electron chi connectivity index (χ3n) is 4.80. The summed E-state index contributed by atoms with van der Waals surface area (Å²) in [7, 11) is 0. The smallest absolute Gasteiger partial charge is 0.219 e. The van der Waals surface area contributed by atoms with Crippen LogP contribution in [0, 0.1) is 5.82 Å². The third kappa shape index (κ3) is 2.93. The fraction of sp³-hybridized carbons (Fsp3) is 0.286. The number of carbonyl (C=O) groups is 1. The summed E-state index contributed by atoms with van der Waals surface area (Å²) >= 11 is 0. The van der Waals surface area contributed by atoms with Crippen LogP contribution in [0.25, 0.3) is 22.2 Å². The van der Waals surface area contributed by atoms with Crippen molar-refractivity contribution in [2.24, 2.45) is 4.99 Å². The van der Waals surface area contributed by atoms with E-state index in [-0.39, 0.29) is 17.1 Å². The number of H-pyrrole nitrogens is 1. The van der Waals surface area contributed by atoms with E-state index < -0.39 is 5.82 Å². The number of anilines is 1. The van der Waals surface area contributed by atoms with Crippen LogP contribution in [0.5, 0.6) is 0 Å². The maximum atomic E-state index is 15.3. The van der Waals surface area contributed by atoms with Gasteiger partial charge in [0.05, 0.1) is 16.6 Å². The average molecular weight is 380 g/mol. The van der Waals surface area contributed by atoms with E-state index in [1.807, 2.05) is 13.8 Å². The summed E-state index contributed by atoms with van der Waals surface area (Å²) in [6.07, 6.45) is 1.81. The molecule has 4 rings (SSSR count). The standard InChI is InChI=1S/C21H21FN4O2/c1-4-16(27)14-9-24-19(23)18-13(14)8-15(25-18)11-6-5-7-12(17(11)22)20-26-21(2,3)10-28-20/h5-9,25H,4,10H2,1-3H3,(H2,23,24). The van der Waals surface area contributed by atoms with E-state index in [9.17, 15) is 4.79 Å². The van der Waals surface area contributed by atoms with Gasteiger partial charge in [0, 0.05) is 34.8 Å². The summed E-state index contributed by atoms with van der Waals surface area (Å²) in [5.74, 6) is 0.0628. The highest BCUT2D eigenvalue weighted by Crippen LogP contribution is 2.32. The lowest BCUT2D eigenvalue weighted by Crippen LogP contribution is -2.17. The fourth-order valence-corrected chi connectivity index (χ4v) is 3.32. The molecule has 0 aliphatic carbocycles. The lowest BCUT2D eigenvalue weighted by Gasteiger charge is -2.07. The molecular weight excluding hydrogens is 359 g/mol. The molecule has 0 radical (unpaired) electrons. The van der Waals surface area contributed by atoms with Crippen LogP contribution in [0.1, 0.15) is 43.1 Å². The van der Waals surface area contributed by atoms with Gasteiger partial charge in [-0.15, -0.1) is 0 Å². The number of aromatic amines is 1. The van der Waals surface area contributed by atoms with Gasteiger partial charge in [-0.1, -0.05) is 13.0 Å². The number of pyridine rings is 1. The molecule has 0 saturated heterocycles. The first kappa shape index (κ1) is 18.2. The predicted octanol–water partition coefficient (Wildman–Crippen LogP) is 4.10. The zero-order valence-electron chi connectivity index (χ0n) is 16.0. The minimum absolute atomic E-state index is 0.0479. The molecule has 0 fully saturated rings. The van der Waals surface area contributed by atoms with Crippen LogP contribution >= 0.6 is 0 Å². The largest absolute Gasteiger partial charge is 0.475 e. The Hall–Kier alpha value is -3.22. The molecule has 144 valence electrons. The van der Waals surface area contributed by atoms with E-state index in [0.29, 0.717) is 52.2 Å². The number of carbonyl (C=O) groups excluding carboxylic acids is 1. The van der Waals surface area contributed by atoms with Gasteiger partial charge in [-0.25, -0.2) is 14.4 Å². The van der Waals surface area contributed by atoms with E-state index in [1.165, 1.54) is 6.20 Å². The van der Waals surface area contributed by atoms with Gasteiger partial charge in [-0.2, -0.15) is 0 Å². The molecule has 6 nitrogen and oxygen atoms in total. The minimum Gasteiger partial charge on any atom is -0.475 e. The van der Waals surface area contributed by atoms with Crippen molar-refractivity contribution < 1.29 is 13.9 Å². The lowest BCUT2D eigenvalue weighted by molar-refractivity contribution is 0.0989. The molecule has 0 bridgehead atoms. The highest BCUT2D eigenvalue weighted by atomic mass is 19.1. The van der Waals surface area contributed by atoms with E-state index in [2.05, 4.69) is 15.0 Å². The number of nitrogens with two attached hydrogens (primary N) is 1. The van der Waals surface area contributed by atoms with Gasteiger partial charge >= 0.3 is 0 Å². The number of fused-ring (bicyclic) bond motifs is 1. The van der Waals surface area contributed by atoms with Crippen LogP contribution in [0.2, 0.25) is 0 Å². The zero-order chi connectivity index (χ0) is 20.1. The van der Waals surface area contributed by atoms with Gasteiger partial charge in [0.15, 0.2) is 5.78 Å². The van der Waals surface area contributed by atoms with E-state index in [1.54, 1.807) is 31.2 Å². The van der Waals surface area contributed by atoms with Crippen molar-refractivity contribution >= 4 is 28.4 Å². The SMILES string of the molecule is CCC(=O)c1cnc(N)c2[nH]c(-c3cccc(C4=NC(C)(C)CO4)c3F)cc12. The summed E-state index contributed by atoms with van der Waals surface area (Å²) in [5.41, 5.74) is 7.74. The number of nitrogen functional groups attached to an aromatic ring is 1. The van der Waals surface area contributed by atoms with Crippen molar-refractivity contribution in [3.8, 4) is 11.3 Å². The fourth-order valence-electron chi connectivity index (χ4n) is 3.32. The summed E-state index contributed by atoms with van der Waals surface area (Å²) in [6.45, 7) is 6.05. The van der Waals surface area contributed by atoms with Crippen molar-refractivity contribution in [1.29, 1.82) is 0 Å². The molecule has 3 aromatic rings. The van der Waals surface area contributed by atoms with Gasteiger partial charge in [0.2, 0.25) is 5.90 Å². The number of ether oxygens (including phenoxy) is 1. The van der Waals surface area contributed by atoms with Crippen molar-refractivity contribution in [3.63, 3.8) is 0 Å². The van der Waals surface area contributed by atoms with E-state index in [0.717, 1.165) is 0 Å². The molecule has 0 unspecified atom stereocenters. The molecule has 3 N–H and O–H groups in total. The highest BCUT2D eigenvalue weighted by molar-refractivity contribution is 6.10. The van der Waals surface area contributed by atoms with Crippen LogP contribution in [0.4, 0.5) is 10.2 Å². The molecule has 0 spiro atoms. The molecule has 3 heterocycles. The minimum atomic E-state index is -0.444. The van der Waals surface area contributed by atoms with Crippen molar-refractivity contribution in [3.05, 3.63) is 47.4 Å². The monoisotopic (exact) mass is 380 g/mol. The summed E-state index contributed by atoms with van der Waals surface area (Å²) in [6, 6.07) is 6.79. The maximum Gasteiger partial charge on any atom is 0.219 e. The molecule has 0 atom stereocenters. The Bertz CT molecular complexity index is 1130. The van der Waals surface area contributed by atoms with Crippen LogP contribution in [-0.2, 0) is 4.74 Å². The van der Waals surface area contributed by atoms with Gasteiger partial charge in [0.25, 0.3) is 0 Å². The van der Waals surface area contributed by atoms with Crippen molar-refractivity contribution in [2.75, 3.05) is 12.3 Å². The highest BCUT2D eigenvalue weighted by Gasteiger charge is 2.29. The second-order valence-electron chi connectivity index (χ2n) is 7.49. The Balaban J connectivity index is 1.87. The molecule has 0 saturated carbocycles. The number of hydrogen-bond donors (Lipinski definition) is 2. The van der Waals surface area contributed by atoms with Crippen molar-refractivity contribution in [2.45, 2.75) is 32.7 Å². The molecular formula is C21H21FN4O2. The average Bonchev–Trinajstić information content (AvgIpc) is 3.26. The van der Waals surface area contributed by atoms with Gasteiger partial charge in [-0.05, 0) is 32.0 Å². The number of aliphatic imine (C=N–C) groups is 1. The first-order chi connectivity index (χ1) is 13.3. The predicted molar refractivity (Wildman–Crippen MR) is 107 cm³/mol. The molecule has 7 heteroatoms. The topological polar surface area (TPSA) is 93.4 Å². The zero-order valence-corrected chi connectivity index (χ0v) is 16.0. The second kappa shape index (κ2) is 6.44. The lowest BCUT2D eigenvalue weighted by atomic mass is 10.0. The normalized spacial score (nSPS) is 15.5. The Kier molecular flexibility index (Phi) is 4.18. The number of hydrogen-bond acceptors (Lipinski definition) is 5. The van der Waals surface area contributed by atoms with Gasteiger partial charge in [0.1, 0.15) is 18.2 Å². The first-order valence-corrected chi connectivity index (χ1v) is 9.13. The maximum absolute atomic E-state index is 15.3. The number of rotatable bonds is 4. The van der Waals surface area contributed by atoms with Crippen molar-refractivity contribution in [1.82, 2.24) is 9.97 Å². The summed E-state index contributed by atoms with van der Waals surface area (Å²) < 4.78 is 20.9. The summed E-state index contributed by atoms with van der Waals surface area (Å²) in [5, 5.41) is 0.634. The molecule has 0 amide bonds. The Labute approximate surface area is 161 Å². The second-order valence-corrected chi connectivity index (χ2v) is 7.49. The quantitative estimate of drug-likeness (QED) is 0.667. The number of nitrogens with one attached hydrogen (secondary N) is 1. The van der Waals surface area contributed by atoms with Crippen LogP contribution in [-0.4, -0.2) is 33.8 Å². The molecule has 2 aromatic heterocycles. The van der Waals surface area contributed by atoms with E-state index in [4.69, 9.17) is 10.5 Å². The van der Waals surface area contributed by atoms with Crippen LogP contribution < -0.4 is 5.73 Å². The van der Waals surface area contributed by atoms with Gasteiger partial charge < -0.3 is 15.5 Å². The summed E-state index contributed by atoms with van der Waals surface area (Å²) in [4.78, 5) is 23.9. The van der Waals surface area contributed by atoms with E-state index >= 15 is 4.39 Å². The molecule has 1 aromatic carbocycles. The number of Topliss-reactive ketones (excluding diaryl/α,β-unsaturated/α-hetero) is 1. The number of benzene rings is 1. The first-order valence-electron chi connectivity index (χ1n) is 9.13. The van der Waals surface area contributed by atoms with Crippen LogP contribution in [0.15, 0.2) is 35.5 Å². The molecule has 1 aliphatic heterocycles. The number of ketones is 1. The third-order valence-corrected chi connectivity index (χ3v) is 4.80. The Morgan fingerprint density at radius 1 is 1.36 bits per heavy atom.